The van der Waals surface area contributed by atoms with Crippen LogP contribution in [0.3, 0.4) is 0 Å². The molecular formula is C25H28N2O3S. The van der Waals surface area contributed by atoms with Crippen molar-refractivity contribution in [2.45, 2.75) is 46.6 Å². The van der Waals surface area contributed by atoms with Crippen LogP contribution in [0.4, 0.5) is 5.00 Å². The Kier molecular flexibility index (Phi) is 6.01. The smallest absolute Gasteiger partial charge is 0.291 e. The fourth-order valence-electron chi connectivity index (χ4n) is 4.09. The van der Waals surface area contributed by atoms with E-state index in [1.807, 2.05) is 30.3 Å². The molecule has 1 atom stereocenters. The van der Waals surface area contributed by atoms with E-state index in [0.717, 1.165) is 30.4 Å². The van der Waals surface area contributed by atoms with Crippen LogP contribution in [0, 0.1) is 11.3 Å². The van der Waals surface area contributed by atoms with E-state index in [1.54, 1.807) is 12.1 Å². The van der Waals surface area contributed by atoms with Crippen LogP contribution < -0.4 is 10.6 Å². The first-order valence-electron chi connectivity index (χ1n) is 10.6. The summed E-state index contributed by atoms with van der Waals surface area (Å²) in [5.41, 5.74) is 2.91. The highest BCUT2D eigenvalue weighted by Crippen LogP contribution is 2.44. The molecule has 5 nitrogen and oxygen atoms in total. The fourth-order valence-corrected chi connectivity index (χ4v) is 5.41. The molecule has 3 aromatic rings. The summed E-state index contributed by atoms with van der Waals surface area (Å²) in [7, 11) is 0. The molecule has 0 unspecified atom stereocenters. The average Bonchev–Trinajstić information content (AvgIpc) is 3.39. The van der Waals surface area contributed by atoms with Crippen LogP contribution >= 0.6 is 11.3 Å². The SMILES string of the molecule is CC(C)(C)[C@@H]1CCc2c(sc(NC(=O)c3ccco3)c2C(=O)NCc2ccccc2)C1. The molecule has 2 aromatic heterocycles. The van der Waals surface area contributed by atoms with Crippen LogP contribution in [-0.2, 0) is 19.4 Å². The zero-order valence-corrected chi connectivity index (χ0v) is 19.0. The van der Waals surface area contributed by atoms with Gasteiger partial charge in [0.2, 0.25) is 0 Å². The number of carbonyl (C=O) groups excluding carboxylic acids is 2. The molecule has 1 aromatic carbocycles. The number of amides is 2. The number of rotatable bonds is 5. The molecule has 2 N–H and O–H groups in total. The molecule has 0 spiro atoms. The van der Waals surface area contributed by atoms with Crippen molar-refractivity contribution in [2.75, 3.05) is 5.32 Å². The molecule has 1 aliphatic carbocycles. The highest BCUT2D eigenvalue weighted by atomic mass is 32.1. The standard InChI is InChI=1S/C25H28N2O3S/c1-25(2,3)17-11-12-18-20(14-17)31-24(27-22(28)19-10-7-13-30-19)21(18)23(29)26-15-16-8-5-4-6-9-16/h4-10,13,17H,11-12,14-15H2,1-3H3,(H,26,29)(H,27,28)/t17-/m1/s1. The van der Waals surface area contributed by atoms with Crippen LogP contribution in [-0.4, -0.2) is 11.8 Å². The molecular weight excluding hydrogens is 408 g/mol. The molecule has 4 rings (SSSR count). The second-order valence-corrected chi connectivity index (χ2v) is 10.2. The van der Waals surface area contributed by atoms with Gasteiger partial charge in [0.1, 0.15) is 5.00 Å². The summed E-state index contributed by atoms with van der Waals surface area (Å²) in [5, 5.41) is 6.57. The van der Waals surface area contributed by atoms with E-state index in [-0.39, 0.29) is 23.0 Å². The van der Waals surface area contributed by atoms with E-state index in [9.17, 15) is 9.59 Å². The molecule has 0 fully saturated rings. The number of nitrogens with one attached hydrogen (secondary N) is 2. The Morgan fingerprint density at radius 3 is 2.55 bits per heavy atom. The maximum Gasteiger partial charge on any atom is 0.291 e. The summed E-state index contributed by atoms with van der Waals surface area (Å²) < 4.78 is 5.23. The van der Waals surface area contributed by atoms with E-state index in [4.69, 9.17) is 4.42 Å². The molecule has 0 saturated carbocycles. The molecule has 162 valence electrons. The van der Waals surface area contributed by atoms with E-state index in [2.05, 4.69) is 31.4 Å². The minimum atomic E-state index is -0.340. The van der Waals surface area contributed by atoms with Crippen LogP contribution in [0.1, 0.15) is 64.1 Å². The number of furan rings is 1. The van der Waals surface area contributed by atoms with Crippen LogP contribution in [0.15, 0.2) is 53.1 Å². The van der Waals surface area contributed by atoms with Crippen molar-refractivity contribution in [1.82, 2.24) is 5.32 Å². The first-order valence-corrected chi connectivity index (χ1v) is 11.5. The normalized spacial score (nSPS) is 15.9. The van der Waals surface area contributed by atoms with Crippen molar-refractivity contribution < 1.29 is 14.0 Å². The molecule has 31 heavy (non-hydrogen) atoms. The lowest BCUT2D eigenvalue weighted by Crippen LogP contribution is -2.28. The highest BCUT2D eigenvalue weighted by Gasteiger charge is 2.34. The first kappa shape index (κ1) is 21.4. The van der Waals surface area contributed by atoms with Crippen molar-refractivity contribution in [1.29, 1.82) is 0 Å². The second kappa shape index (κ2) is 8.71. The number of benzene rings is 1. The van der Waals surface area contributed by atoms with E-state index in [1.165, 1.54) is 22.5 Å². The molecule has 0 bridgehead atoms. The van der Waals surface area contributed by atoms with Crippen molar-refractivity contribution in [2.24, 2.45) is 11.3 Å². The Morgan fingerprint density at radius 1 is 1.10 bits per heavy atom. The number of hydrogen-bond acceptors (Lipinski definition) is 4. The van der Waals surface area contributed by atoms with Gasteiger partial charge >= 0.3 is 0 Å². The molecule has 0 aliphatic heterocycles. The topological polar surface area (TPSA) is 71.3 Å². The maximum atomic E-state index is 13.2. The molecule has 6 heteroatoms. The first-order chi connectivity index (χ1) is 14.8. The Hall–Kier alpha value is -2.86. The molecule has 0 radical (unpaired) electrons. The van der Waals surface area contributed by atoms with Crippen molar-refractivity contribution in [3.05, 3.63) is 76.1 Å². The molecule has 1 aliphatic rings. The number of fused-ring (bicyclic) bond motifs is 1. The van der Waals surface area contributed by atoms with Crippen molar-refractivity contribution in [3.8, 4) is 0 Å². The summed E-state index contributed by atoms with van der Waals surface area (Å²) in [6, 6.07) is 13.1. The van der Waals surface area contributed by atoms with Gasteiger partial charge in [0, 0.05) is 11.4 Å². The lowest BCUT2D eigenvalue weighted by molar-refractivity contribution is 0.0950. The van der Waals surface area contributed by atoms with Gasteiger partial charge in [-0.2, -0.15) is 0 Å². The van der Waals surface area contributed by atoms with Gasteiger partial charge in [-0.15, -0.1) is 11.3 Å². The summed E-state index contributed by atoms with van der Waals surface area (Å²) in [6.07, 6.45) is 4.28. The third kappa shape index (κ3) is 4.74. The van der Waals surface area contributed by atoms with Crippen LogP contribution in [0.25, 0.3) is 0 Å². The summed E-state index contributed by atoms with van der Waals surface area (Å²) in [6.45, 7) is 7.25. The van der Waals surface area contributed by atoms with Gasteiger partial charge in [-0.05, 0) is 53.9 Å². The number of carbonyl (C=O) groups is 2. The Bertz CT molecular complexity index is 1060. The summed E-state index contributed by atoms with van der Waals surface area (Å²) >= 11 is 1.52. The van der Waals surface area contributed by atoms with Crippen LogP contribution in [0.2, 0.25) is 0 Å². The van der Waals surface area contributed by atoms with Crippen molar-refractivity contribution in [3.63, 3.8) is 0 Å². The zero-order valence-electron chi connectivity index (χ0n) is 18.2. The van der Waals surface area contributed by atoms with E-state index < -0.39 is 0 Å². The fraction of sp³-hybridized carbons (Fsp3) is 0.360. The number of hydrogen-bond donors (Lipinski definition) is 2. The molecule has 2 heterocycles. The Balaban J connectivity index is 1.62. The third-order valence-electron chi connectivity index (χ3n) is 5.99. The number of thiophene rings is 1. The lowest BCUT2D eigenvalue weighted by atomic mass is 9.72. The predicted molar refractivity (Wildman–Crippen MR) is 124 cm³/mol. The van der Waals surface area contributed by atoms with Gasteiger partial charge in [0.05, 0.1) is 11.8 Å². The predicted octanol–water partition coefficient (Wildman–Crippen LogP) is 5.67. The lowest BCUT2D eigenvalue weighted by Gasteiger charge is -2.33. The zero-order chi connectivity index (χ0) is 22.0. The van der Waals surface area contributed by atoms with E-state index in [0.29, 0.717) is 23.0 Å². The second-order valence-electron chi connectivity index (χ2n) is 9.11. The third-order valence-corrected chi connectivity index (χ3v) is 7.15. The van der Waals surface area contributed by atoms with Crippen molar-refractivity contribution >= 4 is 28.2 Å². The number of anilines is 1. The minimum Gasteiger partial charge on any atom is -0.459 e. The Morgan fingerprint density at radius 2 is 1.87 bits per heavy atom. The monoisotopic (exact) mass is 436 g/mol. The summed E-state index contributed by atoms with van der Waals surface area (Å²) in [5.74, 6) is 0.292. The van der Waals surface area contributed by atoms with Gasteiger partial charge in [0.25, 0.3) is 11.8 Å². The Labute approximate surface area is 186 Å². The van der Waals surface area contributed by atoms with Gasteiger partial charge < -0.3 is 15.1 Å². The van der Waals surface area contributed by atoms with Gasteiger partial charge in [-0.1, -0.05) is 51.1 Å². The summed E-state index contributed by atoms with van der Waals surface area (Å²) in [4.78, 5) is 27.1. The molecule has 2 amide bonds. The van der Waals surface area contributed by atoms with Gasteiger partial charge in [-0.3, -0.25) is 9.59 Å². The van der Waals surface area contributed by atoms with Gasteiger partial charge in [0.15, 0.2) is 5.76 Å². The quantitative estimate of drug-likeness (QED) is 0.541. The maximum absolute atomic E-state index is 13.2. The van der Waals surface area contributed by atoms with Crippen LogP contribution in [0.5, 0.6) is 0 Å². The minimum absolute atomic E-state index is 0.148. The van der Waals surface area contributed by atoms with E-state index >= 15 is 0 Å². The average molecular weight is 437 g/mol. The largest absolute Gasteiger partial charge is 0.459 e. The highest BCUT2D eigenvalue weighted by molar-refractivity contribution is 7.17. The van der Waals surface area contributed by atoms with Gasteiger partial charge in [-0.25, -0.2) is 0 Å². The molecule has 0 saturated heterocycles.